The van der Waals surface area contributed by atoms with Crippen LogP contribution in [0.25, 0.3) is 0 Å². The zero-order valence-electron chi connectivity index (χ0n) is 33.3. The van der Waals surface area contributed by atoms with E-state index in [1.54, 1.807) is 24.3 Å². The molecule has 0 unspecified atom stereocenters. The van der Waals surface area contributed by atoms with Crippen molar-refractivity contribution in [3.63, 3.8) is 0 Å². The van der Waals surface area contributed by atoms with Gasteiger partial charge in [-0.25, -0.2) is 41.5 Å². The largest absolute Gasteiger partial charge is 1.00 e. The maximum atomic E-state index is 13.3. The van der Waals surface area contributed by atoms with Crippen LogP contribution in [0.5, 0.6) is 0 Å². The van der Waals surface area contributed by atoms with Gasteiger partial charge in [0.2, 0.25) is 11.8 Å². The fourth-order valence-corrected chi connectivity index (χ4v) is 6.57. The van der Waals surface area contributed by atoms with Gasteiger partial charge in [-0.3, -0.25) is 4.79 Å². The molecule has 5 N–H and O–H groups in total. The van der Waals surface area contributed by atoms with Crippen molar-refractivity contribution in [1.82, 2.24) is 10.6 Å². The van der Waals surface area contributed by atoms with E-state index in [2.05, 4.69) is 25.8 Å². The highest BCUT2D eigenvalue weighted by molar-refractivity contribution is 5.90. The second kappa shape index (κ2) is 22.4. The zero-order valence-corrected chi connectivity index (χ0v) is 34.0. The number of rotatable bonds is 9. The molecule has 19 heteroatoms. The lowest BCUT2D eigenvalue weighted by atomic mass is 9.80. The van der Waals surface area contributed by atoms with E-state index < -0.39 is 71.4 Å². The van der Waals surface area contributed by atoms with Crippen LogP contribution in [0.15, 0.2) is 60.7 Å². The van der Waals surface area contributed by atoms with Crippen molar-refractivity contribution in [1.29, 1.82) is 0 Å². The Morgan fingerprint density at radius 1 is 0.559 bits per heavy atom. The van der Waals surface area contributed by atoms with Crippen LogP contribution in [0.1, 0.15) is 88.2 Å². The Morgan fingerprint density at radius 2 is 0.898 bits per heavy atom. The van der Waals surface area contributed by atoms with Crippen LogP contribution >= 0.6 is 0 Å². The molecule has 3 fully saturated rings. The minimum absolute atomic E-state index is 0. The lowest BCUT2D eigenvalue weighted by molar-refractivity contribution is -0.472. The minimum Gasteiger partial charge on any atom is -1.00 e. The summed E-state index contributed by atoms with van der Waals surface area (Å²) < 4.78 is 76.3. The summed E-state index contributed by atoms with van der Waals surface area (Å²) in [6, 6.07) is 18.2. The fourth-order valence-electron chi connectivity index (χ4n) is 6.57. The lowest BCUT2D eigenvalue weighted by Gasteiger charge is -2.37. The molecule has 59 heavy (non-hydrogen) atoms. The van der Waals surface area contributed by atoms with Crippen molar-refractivity contribution in [3.05, 3.63) is 71.8 Å². The number of ketones is 1. The minimum atomic E-state index is -2.83. The van der Waals surface area contributed by atoms with Crippen molar-refractivity contribution in [3.8, 4) is 0 Å². The number of hydrogen-bond donors (Lipinski definition) is 3. The SMILES string of the molecule is COC(=O)C1(NC(=O)OCc2ccccc2)CCC(=O)CC1.COC(=O)C1(NC(=O)OCc2ccccc2)CCC(F)(F)CC1.COC(=O)C1([NH3+])CCC(F)(F)CC1.[Cl-]. The Balaban J connectivity index is 0.000000314. The van der Waals surface area contributed by atoms with Crippen LogP contribution < -0.4 is 28.8 Å². The molecule has 3 saturated carbocycles. The first-order chi connectivity index (χ1) is 27.3. The van der Waals surface area contributed by atoms with E-state index in [-0.39, 0.29) is 95.6 Å². The summed E-state index contributed by atoms with van der Waals surface area (Å²) in [7, 11) is 3.67. The number of hydrogen-bond acceptors (Lipinski definition) is 11. The second-order valence-corrected chi connectivity index (χ2v) is 14.5. The molecule has 2 aromatic carbocycles. The molecule has 0 spiro atoms. The number of nitrogens with one attached hydrogen (secondary N) is 2. The van der Waals surface area contributed by atoms with Gasteiger partial charge in [-0.05, 0) is 36.8 Å². The Labute approximate surface area is 345 Å². The van der Waals surface area contributed by atoms with Crippen molar-refractivity contribution in [2.24, 2.45) is 0 Å². The summed E-state index contributed by atoms with van der Waals surface area (Å²) in [5.41, 5.74) is 1.72. The molecular weight excluding hydrogens is 810 g/mol. The van der Waals surface area contributed by atoms with Crippen LogP contribution in [0.2, 0.25) is 0 Å². The number of alkyl carbamates (subject to hydrolysis) is 2. The van der Waals surface area contributed by atoms with Crippen LogP contribution in [0.4, 0.5) is 27.2 Å². The molecule has 0 saturated heterocycles. The zero-order chi connectivity index (χ0) is 43.0. The molecule has 0 atom stereocenters. The number of esters is 3. The molecular formula is C40H52ClF4N3O11. The summed E-state index contributed by atoms with van der Waals surface area (Å²) in [4.78, 5) is 70.4. The van der Waals surface area contributed by atoms with Crippen LogP contribution in [-0.4, -0.2) is 85.7 Å². The number of ether oxygens (including phenoxy) is 5. The highest BCUT2D eigenvalue weighted by Crippen LogP contribution is 2.39. The smallest absolute Gasteiger partial charge is 0.408 e. The average Bonchev–Trinajstić information content (AvgIpc) is 3.22. The van der Waals surface area contributed by atoms with Crippen molar-refractivity contribution in [2.45, 2.75) is 119 Å². The van der Waals surface area contributed by atoms with E-state index in [9.17, 15) is 46.3 Å². The monoisotopic (exact) mass is 861 g/mol. The molecule has 0 radical (unpaired) electrons. The Kier molecular flexibility index (Phi) is 19.1. The van der Waals surface area contributed by atoms with Gasteiger partial charge in [-0.15, -0.1) is 0 Å². The molecule has 0 aliphatic heterocycles. The van der Waals surface area contributed by atoms with Crippen LogP contribution in [-0.2, 0) is 56.1 Å². The number of benzene rings is 2. The van der Waals surface area contributed by atoms with Gasteiger partial charge in [0, 0.05) is 51.4 Å². The van der Waals surface area contributed by atoms with Gasteiger partial charge in [-0.2, -0.15) is 0 Å². The highest BCUT2D eigenvalue weighted by atomic mass is 35.5. The summed E-state index contributed by atoms with van der Waals surface area (Å²) in [5.74, 6) is -7.13. The van der Waals surface area contributed by atoms with Crippen LogP contribution in [0.3, 0.4) is 0 Å². The van der Waals surface area contributed by atoms with Gasteiger partial charge in [0.25, 0.3) is 0 Å². The molecule has 0 bridgehead atoms. The number of methoxy groups -OCH3 is 3. The van der Waals surface area contributed by atoms with Gasteiger partial charge in [0.15, 0.2) is 5.54 Å². The summed E-state index contributed by atoms with van der Waals surface area (Å²) in [5, 5.41) is 5.01. The first kappa shape index (κ1) is 50.2. The average molecular weight is 862 g/mol. The standard InChI is InChI=1S/C16H19F2NO4.C16H19NO5.C8H13F2NO2.ClH/c1-22-13(20)15(7-9-16(17,18)10-8-15)19-14(21)23-11-12-5-3-2-4-6-12;1-21-14(19)16(9-7-13(18)8-10-16)17-15(20)22-11-12-5-3-2-4-6-12;1-13-6(12)7(11)2-4-8(9,10)5-3-7;/h2-6H,7-11H2,1H3,(H,19,21);2-6H,7-11H2,1H3,(H,17,20);2-5,11H2,1H3;1H. The van der Waals surface area contributed by atoms with E-state index in [0.717, 1.165) is 18.2 Å². The van der Waals surface area contributed by atoms with E-state index in [1.807, 2.05) is 36.4 Å². The summed E-state index contributed by atoms with van der Waals surface area (Å²) in [6.45, 7) is 0.142. The van der Waals surface area contributed by atoms with Gasteiger partial charge >= 0.3 is 30.1 Å². The van der Waals surface area contributed by atoms with Gasteiger partial charge < -0.3 is 52.5 Å². The number of carbonyl (C=O) groups is 6. The highest BCUT2D eigenvalue weighted by Gasteiger charge is 2.51. The topological polar surface area (TPSA) is 200 Å². The molecule has 3 aliphatic rings. The number of quaternary nitrogens is 1. The number of Topliss-reactive ketones (excluding diaryl/α,β-unsaturated/α-hetero) is 1. The maximum Gasteiger partial charge on any atom is 0.408 e. The van der Waals surface area contributed by atoms with Gasteiger partial charge in [0.1, 0.15) is 30.1 Å². The molecule has 2 amide bonds. The number of carbonyl (C=O) groups excluding carboxylic acids is 6. The molecule has 14 nitrogen and oxygen atoms in total. The predicted molar refractivity (Wildman–Crippen MR) is 197 cm³/mol. The fraction of sp³-hybridized carbons (Fsp3) is 0.550. The summed E-state index contributed by atoms with van der Waals surface area (Å²) >= 11 is 0. The van der Waals surface area contributed by atoms with E-state index in [0.29, 0.717) is 0 Å². The lowest BCUT2D eigenvalue weighted by Crippen LogP contribution is -3.00. The third kappa shape index (κ3) is 15.3. The Morgan fingerprint density at radius 3 is 1.25 bits per heavy atom. The second-order valence-electron chi connectivity index (χ2n) is 14.5. The molecule has 5 rings (SSSR count). The quantitative estimate of drug-likeness (QED) is 0.190. The van der Waals surface area contributed by atoms with E-state index in [4.69, 9.17) is 14.2 Å². The van der Waals surface area contributed by atoms with Gasteiger partial charge in [-0.1, -0.05) is 60.7 Å². The van der Waals surface area contributed by atoms with Crippen molar-refractivity contribution in [2.75, 3.05) is 21.3 Å². The number of halogens is 5. The third-order valence-electron chi connectivity index (χ3n) is 10.3. The Hall–Kier alpha value is -4.97. The molecule has 3 aliphatic carbocycles. The maximum absolute atomic E-state index is 13.3. The van der Waals surface area contributed by atoms with Crippen molar-refractivity contribution < 1.29 is 88.2 Å². The van der Waals surface area contributed by atoms with Gasteiger partial charge in [0.05, 0.1) is 21.3 Å². The summed E-state index contributed by atoms with van der Waals surface area (Å²) in [6.07, 6.45) is -2.24. The molecule has 0 heterocycles. The number of alkyl halides is 4. The first-order valence-corrected chi connectivity index (χ1v) is 18.7. The third-order valence-corrected chi connectivity index (χ3v) is 10.3. The molecule has 0 aromatic heterocycles. The predicted octanol–water partition coefficient (Wildman–Crippen LogP) is 2.36. The molecule has 2 aromatic rings. The number of amides is 2. The van der Waals surface area contributed by atoms with Crippen molar-refractivity contribution >= 4 is 35.9 Å². The molecule has 328 valence electrons. The normalized spacial score (nSPS) is 19.1. The Bertz CT molecular complexity index is 1690. The van der Waals surface area contributed by atoms with Crippen LogP contribution in [0, 0.1) is 0 Å². The van der Waals surface area contributed by atoms with E-state index in [1.165, 1.54) is 14.2 Å². The van der Waals surface area contributed by atoms with E-state index >= 15 is 0 Å². The first-order valence-electron chi connectivity index (χ1n) is 18.7.